The van der Waals surface area contributed by atoms with E-state index in [9.17, 15) is 8.42 Å². The van der Waals surface area contributed by atoms with E-state index in [-0.39, 0.29) is 5.03 Å². The Morgan fingerprint density at radius 3 is 2.75 bits per heavy atom. The predicted molar refractivity (Wildman–Crippen MR) is 49.3 cm³/mol. The molecule has 64 valence electrons. The Bertz CT molecular complexity index is 400. The highest BCUT2D eigenvalue weighted by Crippen LogP contribution is 2.19. The Kier molecular flexibility index (Phi) is 2.64. The first-order chi connectivity index (χ1) is 5.58. The zero-order valence-corrected chi connectivity index (χ0v) is 8.47. The van der Waals surface area contributed by atoms with Crippen LogP contribution in [0.4, 0.5) is 0 Å². The fraction of sp³-hybridized carbons (Fsp3) is 0. The predicted octanol–water partition coefficient (Wildman–Crippen LogP) is 1.76. The highest BCUT2D eigenvalue weighted by Gasteiger charge is 2.13. The fourth-order valence-corrected chi connectivity index (χ4v) is 2.30. The first kappa shape index (κ1) is 9.41. The summed E-state index contributed by atoms with van der Waals surface area (Å²) < 4.78 is 22.9. The van der Waals surface area contributed by atoms with Crippen molar-refractivity contribution in [2.24, 2.45) is 0 Å². The normalized spacial score (nSPS) is 11.1. The third kappa shape index (κ3) is 1.73. The van der Waals surface area contributed by atoms with Crippen molar-refractivity contribution in [2.45, 2.75) is 5.03 Å². The fourth-order valence-electron chi connectivity index (χ4n) is 0.659. The Labute approximate surface area is 79.2 Å². The minimum absolute atomic E-state index is 0.000000000000000444. The maximum atomic E-state index is 11.2. The number of sulfone groups is 1. The van der Waals surface area contributed by atoms with Gasteiger partial charge in [0.15, 0.2) is 5.03 Å². The molecule has 1 aromatic rings. The molecule has 5 heteroatoms. The molecule has 0 bridgehead atoms. The highest BCUT2D eigenvalue weighted by atomic mass is 79.9. The Hall–Kier alpha value is -0.680. The molecule has 0 unspecified atom stereocenters. The van der Waals surface area contributed by atoms with E-state index in [4.69, 9.17) is 0 Å². The number of aromatic nitrogens is 1. The summed E-state index contributed by atoms with van der Waals surface area (Å²) in [5.41, 5.74) is 0. The SMILES string of the molecule is C=CS(=O)(=O)c1ncccc1Br. The molecule has 12 heavy (non-hydrogen) atoms. The van der Waals surface area contributed by atoms with Crippen molar-refractivity contribution in [1.82, 2.24) is 4.98 Å². The lowest BCUT2D eigenvalue weighted by atomic mass is 10.5. The number of hydrogen-bond donors (Lipinski definition) is 0. The molecule has 1 heterocycles. The van der Waals surface area contributed by atoms with Gasteiger partial charge in [0.2, 0.25) is 9.84 Å². The van der Waals surface area contributed by atoms with Crippen LogP contribution in [0.3, 0.4) is 0 Å². The van der Waals surface area contributed by atoms with Crippen molar-refractivity contribution < 1.29 is 8.42 Å². The summed E-state index contributed by atoms with van der Waals surface area (Å²) in [5.74, 6) is 0. The Morgan fingerprint density at radius 1 is 1.58 bits per heavy atom. The monoisotopic (exact) mass is 247 g/mol. The summed E-state index contributed by atoms with van der Waals surface area (Å²) in [6.45, 7) is 3.20. The molecule has 0 aliphatic rings. The lowest BCUT2D eigenvalue weighted by Crippen LogP contribution is -1.99. The molecule has 1 aromatic heterocycles. The molecule has 1 rings (SSSR count). The molecule has 0 amide bonds. The van der Waals surface area contributed by atoms with Gasteiger partial charge in [-0.05, 0) is 28.1 Å². The van der Waals surface area contributed by atoms with E-state index < -0.39 is 9.84 Å². The van der Waals surface area contributed by atoms with Crippen LogP contribution in [0.5, 0.6) is 0 Å². The molecular weight excluding hydrogens is 242 g/mol. The molecule has 0 spiro atoms. The van der Waals surface area contributed by atoms with Crippen molar-refractivity contribution in [3.63, 3.8) is 0 Å². The average Bonchev–Trinajstić information content (AvgIpc) is 2.05. The smallest absolute Gasteiger partial charge is 0.217 e. The van der Waals surface area contributed by atoms with Crippen LogP contribution in [0.15, 0.2) is 39.8 Å². The third-order valence-corrected chi connectivity index (χ3v) is 3.42. The minimum atomic E-state index is -3.42. The van der Waals surface area contributed by atoms with E-state index in [1.54, 1.807) is 12.1 Å². The summed E-state index contributed by atoms with van der Waals surface area (Å²) in [6.07, 6.45) is 1.42. The van der Waals surface area contributed by atoms with Gasteiger partial charge >= 0.3 is 0 Å². The molecule has 0 atom stereocenters. The topological polar surface area (TPSA) is 47.0 Å². The summed E-state index contributed by atoms with van der Waals surface area (Å²) in [4.78, 5) is 3.71. The van der Waals surface area contributed by atoms with E-state index in [1.165, 1.54) is 6.20 Å². The number of pyridine rings is 1. The lowest BCUT2D eigenvalue weighted by molar-refractivity contribution is 0.600. The summed E-state index contributed by atoms with van der Waals surface area (Å²) in [7, 11) is -3.42. The van der Waals surface area contributed by atoms with Crippen molar-refractivity contribution in [3.05, 3.63) is 34.8 Å². The van der Waals surface area contributed by atoms with Crippen LogP contribution < -0.4 is 0 Å². The van der Waals surface area contributed by atoms with Gasteiger partial charge in [-0.1, -0.05) is 6.58 Å². The minimum Gasteiger partial charge on any atom is -0.243 e. The number of nitrogens with zero attached hydrogens (tertiary/aromatic N) is 1. The van der Waals surface area contributed by atoms with Gasteiger partial charge in [0.25, 0.3) is 0 Å². The van der Waals surface area contributed by atoms with Crippen LogP contribution in [0.2, 0.25) is 0 Å². The molecule has 0 aliphatic carbocycles. The highest BCUT2D eigenvalue weighted by molar-refractivity contribution is 9.10. The summed E-state index contributed by atoms with van der Waals surface area (Å²) in [6, 6.07) is 3.26. The van der Waals surface area contributed by atoms with Crippen molar-refractivity contribution in [3.8, 4) is 0 Å². The maximum Gasteiger partial charge on any atom is 0.217 e. The van der Waals surface area contributed by atoms with Gasteiger partial charge < -0.3 is 0 Å². The van der Waals surface area contributed by atoms with E-state index in [0.29, 0.717) is 4.47 Å². The van der Waals surface area contributed by atoms with Gasteiger partial charge in [0.1, 0.15) is 0 Å². The van der Waals surface area contributed by atoms with Crippen LogP contribution in [0.25, 0.3) is 0 Å². The van der Waals surface area contributed by atoms with Gasteiger partial charge in [0.05, 0.1) is 4.47 Å². The molecule has 3 nitrogen and oxygen atoms in total. The quantitative estimate of drug-likeness (QED) is 0.801. The lowest BCUT2D eigenvalue weighted by Gasteiger charge is -1.98. The van der Waals surface area contributed by atoms with E-state index in [1.807, 2.05) is 0 Å². The second-order valence-electron chi connectivity index (χ2n) is 2.00. The van der Waals surface area contributed by atoms with Gasteiger partial charge in [-0.25, -0.2) is 13.4 Å². The zero-order chi connectivity index (χ0) is 9.19. The second kappa shape index (κ2) is 3.37. The van der Waals surface area contributed by atoms with Gasteiger partial charge in [0, 0.05) is 11.6 Å². The molecular formula is C7H6BrNO2S. The Morgan fingerprint density at radius 2 is 2.25 bits per heavy atom. The van der Waals surface area contributed by atoms with E-state index in [0.717, 1.165) is 5.41 Å². The zero-order valence-electron chi connectivity index (χ0n) is 6.07. The summed E-state index contributed by atoms with van der Waals surface area (Å²) >= 11 is 3.08. The average molecular weight is 248 g/mol. The van der Waals surface area contributed by atoms with Crippen LogP contribution in [0, 0.1) is 0 Å². The van der Waals surface area contributed by atoms with Gasteiger partial charge in [-0.15, -0.1) is 0 Å². The summed E-state index contributed by atoms with van der Waals surface area (Å²) in [5, 5.41) is 0.875. The van der Waals surface area contributed by atoms with E-state index >= 15 is 0 Å². The molecule has 0 saturated carbocycles. The largest absolute Gasteiger partial charge is 0.243 e. The Balaban J connectivity index is 3.39. The molecule has 0 aromatic carbocycles. The standard InChI is InChI=1S/C7H6BrNO2S/c1-2-12(10,11)7-6(8)4-3-5-9-7/h2-5H,1H2. The first-order valence-electron chi connectivity index (χ1n) is 3.06. The number of hydrogen-bond acceptors (Lipinski definition) is 3. The van der Waals surface area contributed by atoms with Gasteiger partial charge in [-0.2, -0.15) is 0 Å². The molecule has 0 fully saturated rings. The van der Waals surface area contributed by atoms with Crippen molar-refractivity contribution in [2.75, 3.05) is 0 Å². The molecule has 0 saturated heterocycles. The second-order valence-corrected chi connectivity index (χ2v) is 4.67. The maximum absolute atomic E-state index is 11.2. The van der Waals surface area contributed by atoms with Crippen LogP contribution in [-0.4, -0.2) is 13.4 Å². The van der Waals surface area contributed by atoms with Crippen molar-refractivity contribution >= 4 is 25.8 Å². The number of halogens is 1. The van der Waals surface area contributed by atoms with Crippen LogP contribution in [0.1, 0.15) is 0 Å². The number of rotatable bonds is 2. The molecule has 0 N–H and O–H groups in total. The third-order valence-electron chi connectivity index (χ3n) is 1.21. The molecule has 0 radical (unpaired) electrons. The first-order valence-corrected chi connectivity index (χ1v) is 5.40. The van der Waals surface area contributed by atoms with Gasteiger partial charge in [-0.3, -0.25) is 0 Å². The van der Waals surface area contributed by atoms with Crippen molar-refractivity contribution in [1.29, 1.82) is 0 Å². The molecule has 0 aliphatic heterocycles. The van der Waals surface area contributed by atoms with Crippen LogP contribution in [-0.2, 0) is 9.84 Å². The van der Waals surface area contributed by atoms with E-state index in [2.05, 4.69) is 27.5 Å². The van der Waals surface area contributed by atoms with Crippen LogP contribution >= 0.6 is 15.9 Å².